The second-order valence-electron chi connectivity index (χ2n) is 3.82. The van der Waals surface area contributed by atoms with E-state index in [-0.39, 0.29) is 5.56 Å². The van der Waals surface area contributed by atoms with Crippen LogP contribution >= 0.6 is 0 Å². The molecule has 0 spiro atoms. The molecule has 0 aliphatic rings. The third kappa shape index (κ3) is 3.52. The van der Waals surface area contributed by atoms with Gasteiger partial charge in [-0.05, 0) is 31.5 Å². The van der Waals surface area contributed by atoms with Crippen molar-refractivity contribution in [1.29, 1.82) is 0 Å². The zero-order chi connectivity index (χ0) is 13.7. The Bertz CT molecular complexity index is 517. The number of hydrogen-bond donors (Lipinski definition) is 3. The van der Waals surface area contributed by atoms with E-state index in [0.717, 1.165) is 0 Å². The van der Waals surface area contributed by atoms with Crippen molar-refractivity contribution in [3.8, 4) is 12.3 Å². The lowest BCUT2D eigenvalue weighted by Crippen LogP contribution is -2.35. The van der Waals surface area contributed by atoms with E-state index >= 15 is 0 Å². The molecule has 0 bridgehead atoms. The Hall–Kier alpha value is -2.48. The van der Waals surface area contributed by atoms with Crippen LogP contribution in [0, 0.1) is 19.3 Å². The largest absolute Gasteiger partial charge is 0.478 e. The Morgan fingerprint density at radius 3 is 2.67 bits per heavy atom. The van der Waals surface area contributed by atoms with E-state index in [1.54, 1.807) is 26.0 Å². The number of nitrogens with one attached hydrogen (secondary N) is 2. The minimum atomic E-state index is -1.03. The monoisotopic (exact) mass is 246 g/mol. The van der Waals surface area contributed by atoms with Gasteiger partial charge in [-0.25, -0.2) is 9.59 Å². The first kappa shape index (κ1) is 13.6. The van der Waals surface area contributed by atoms with Crippen LogP contribution in [0.25, 0.3) is 0 Å². The summed E-state index contributed by atoms with van der Waals surface area (Å²) in [4.78, 5) is 22.4. The second-order valence-corrected chi connectivity index (χ2v) is 3.82. The van der Waals surface area contributed by atoms with Crippen LogP contribution in [0.3, 0.4) is 0 Å². The Morgan fingerprint density at radius 1 is 1.44 bits per heavy atom. The van der Waals surface area contributed by atoms with Gasteiger partial charge >= 0.3 is 12.0 Å². The quantitative estimate of drug-likeness (QED) is 0.712. The van der Waals surface area contributed by atoms with E-state index in [4.69, 9.17) is 11.5 Å². The van der Waals surface area contributed by atoms with Gasteiger partial charge in [0.15, 0.2) is 0 Å². The number of rotatable bonds is 3. The first-order chi connectivity index (χ1) is 8.43. The summed E-state index contributed by atoms with van der Waals surface area (Å²) in [6, 6.07) is 3.79. The highest BCUT2D eigenvalue weighted by Gasteiger charge is 2.10. The predicted molar refractivity (Wildman–Crippen MR) is 68.6 cm³/mol. The summed E-state index contributed by atoms with van der Waals surface area (Å²) in [7, 11) is 0. The van der Waals surface area contributed by atoms with Gasteiger partial charge in [0.25, 0.3) is 0 Å². The number of aromatic carboxylic acids is 1. The molecule has 94 valence electrons. The highest BCUT2D eigenvalue weighted by Crippen LogP contribution is 2.15. The van der Waals surface area contributed by atoms with Gasteiger partial charge in [0.2, 0.25) is 0 Å². The van der Waals surface area contributed by atoms with Gasteiger partial charge in [-0.2, -0.15) is 0 Å². The third-order valence-corrected chi connectivity index (χ3v) is 2.32. The number of carbonyl (C=O) groups excluding carboxylic acids is 1. The molecule has 5 nitrogen and oxygen atoms in total. The van der Waals surface area contributed by atoms with E-state index in [0.29, 0.717) is 11.3 Å². The van der Waals surface area contributed by atoms with Crippen LogP contribution in [0.4, 0.5) is 10.5 Å². The number of carboxylic acids is 1. The molecular weight excluding hydrogens is 232 g/mol. The van der Waals surface area contributed by atoms with Gasteiger partial charge in [-0.3, -0.25) is 0 Å². The number of benzene rings is 1. The first-order valence-corrected chi connectivity index (χ1v) is 5.31. The zero-order valence-corrected chi connectivity index (χ0v) is 10.2. The van der Waals surface area contributed by atoms with Crippen LogP contribution in [-0.2, 0) is 0 Å². The molecular formula is C13H14N2O3. The summed E-state index contributed by atoms with van der Waals surface area (Å²) >= 11 is 0. The first-order valence-electron chi connectivity index (χ1n) is 5.31. The number of hydrogen-bond acceptors (Lipinski definition) is 2. The van der Waals surface area contributed by atoms with Crippen molar-refractivity contribution < 1.29 is 14.7 Å². The predicted octanol–water partition coefficient (Wildman–Crippen LogP) is 1.84. The maximum atomic E-state index is 11.5. The Balaban J connectivity index is 2.80. The Kier molecular flexibility index (Phi) is 4.33. The van der Waals surface area contributed by atoms with Gasteiger partial charge < -0.3 is 15.7 Å². The van der Waals surface area contributed by atoms with Gasteiger partial charge in [-0.15, -0.1) is 6.42 Å². The summed E-state index contributed by atoms with van der Waals surface area (Å²) in [5.74, 6) is 1.32. The lowest BCUT2D eigenvalue weighted by atomic mass is 10.1. The Morgan fingerprint density at radius 2 is 2.11 bits per heavy atom. The molecule has 1 aromatic carbocycles. The van der Waals surface area contributed by atoms with Crippen molar-refractivity contribution in [2.75, 3.05) is 5.32 Å². The lowest BCUT2D eigenvalue weighted by Gasteiger charge is -2.10. The lowest BCUT2D eigenvalue weighted by molar-refractivity contribution is 0.0696. The van der Waals surface area contributed by atoms with Crippen LogP contribution in [0.1, 0.15) is 22.8 Å². The van der Waals surface area contributed by atoms with Crippen LogP contribution in [-0.4, -0.2) is 23.1 Å². The Labute approximate surface area is 105 Å². The van der Waals surface area contributed by atoms with Crippen molar-refractivity contribution in [2.45, 2.75) is 19.9 Å². The average molecular weight is 246 g/mol. The highest BCUT2D eigenvalue weighted by atomic mass is 16.4. The SMILES string of the molecule is C#CC(C)NC(=O)Nc1ccc(C)c(C(=O)O)c1. The number of carboxylic acid groups (broad SMARTS) is 1. The smallest absolute Gasteiger partial charge is 0.336 e. The fourth-order valence-electron chi connectivity index (χ4n) is 1.34. The molecule has 1 rings (SSSR count). The number of carbonyl (C=O) groups is 2. The number of urea groups is 1. The topological polar surface area (TPSA) is 78.4 Å². The molecule has 0 saturated heterocycles. The minimum absolute atomic E-state index is 0.151. The fraction of sp³-hybridized carbons (Fsp3) is 0.231. The average Bonchev–Trinajstić information content (AvgIpc) is 2.31. The molecule has 0 saturated carbocycles. The zero-order valence-electron chi connectivity index (χ0n) is 10.2. The fourth-order valence-corrected chi connectivity index (χ4v) is 1.34. The number of aryl methyl sites for hydroxylation is 1. The molecule has 3 N–H and O–H groups in total. The minimum Gasteiger partial charge on any atom is -0.478 e. The number of amides is 2. The summed E-state index contributed by atoms with van der Waals surface area (Å²) < 4.78 is 0. The normalized spacial score (nSPS) is 11.2. The molecule has 1 unspecified atom stereocenters. The molecule has 0 aliphatic carbocycles. The van der Waals surface area contributed by atoms with Gasteiger partial charge in [-0.1, -0.05) is 12.0 Å². The third-order valence-electron chi connectivity index (χ3n) is 2.32. The van der Waals surface area contributed by atoms with Gasteiger partial charge in [0.1, 0.15) is 0 Å². The van der Waals surface area contributed by atoms with Crippen molar-refractivity contribution in [2.24, 2.45) is 0 Å². The van der Waals surface area contributed by atoms with Gasteiger partial charge in [0, 0.05) is 5.69 Å². The van der Waals surface area contributed by atoms with E-state index < -0.39 is 18.0 Å². The van der Waals surface area contributed by atoms with Crippen LogP contribution in [0.2, 0.25) is 0 Å². The second kappa shape index (κ2) is 5.73. The summed E-state index contributed by atoms with van der Waals surface area (Å²) in [5, 5.41) is 14.0. The molecule has 0 radical (unpaired) electrons. The van der Waals surface area contributed by atoms with Crippen LogP contribution in [0.15, 0.2) is 18.2 Å². The van der Waals surface area contributed by atoms with Gasteiger partial charge in [0.05, 0.1) is 11.6 Å². The maximum absolute atomic E-state index is 11.5. The number of terminal acetylenes is 1. The summed E-state index contributed by atoms with van der Waals surface area (Å²) in [5.41, 5.74) is 1.18. The van der Waals surface area contributed by atoms with Crippen molar-refractivity contribution in [3.63, 3.8) is 0 Å². The van der Waals surface area contributed by atoms with Crippen molar-refractivity contribution >= 4 is 17.7 Å². The standard InChI is InChI=1S/C13H14N2O3/c1-4-9(3)14-13(18)15-10-6-5-8(2)11(7-10)12(16)17/h1,5-7,9H,2-3H3,(H,16,17)(H2,14,15,18). The van der Waals surface area contributed by atoms with E-state index in [9.17, 15) is 9.59 Å². The molecule has 0 heterocycles. The molecule has 18 heavy (non-hydrogen) atoms. The molecule has 5 heteroatoms. The van der Waals surface area contributed by atoms with E-state index in [1.807, 2.05) is 0 Å². The molecule has 0 aromatic heterocycles. The molecule has 1 aromatic rings. The van der Waals surface area contributed by atoms with Crippen LogP contribution < -0.4 is 10.6 Å². The molecule has 1 atom stereocenters. The molecule has 2 amide bonds. The van der Waals surface area contributed by atoms with Crippen molar-refractivity contribution in [1.82, 2.24) is 5.32 Å². The summed E-state index contributed by atoms with van der Waals surface area (Å²) in [6.45, 7) is 3.35. The van der Waals surface area contributed by atoms with E-state index in [1.165, 1.54) is 6.07 Å². The number of anilines is 1. The molecule has 0 fully saturated rings. The van der Waals surface area contributed by atoms with Crippen LogP contribution in [0.5, 0.6) is 0 Å². The van der Waals surface area contributed by atoms with E-state index in [2.05, 4.69) is 16.6 Å². The maximum Gasteiger partial charge on any atom is 0.336 e. The molecule has 0 aliphatic heterocycles. The van der Waals surface area contributed by atoms with Crippen molar-refractivity contribution in [3.05, 3.63) is 29.3 Å². The summed E-state index contributed by atoms with van der Waals surface area (Å²) in [6.07, 6.45) is 5.13. The highest BCUT2D eigenvalue weighted by molar-refractivity contribution is 5.94.